The van der Waals surface area contributed by atoms with E-state index >= 15 is 0 Å². The molecule has 0 radical (unpaired) electrons. The van der Waals surface area contributed by atoms with E-state index in [1.54, 1.807) is 12.1 Å². The van der Waals surface area contributed by atoms with Gasteiger partial charge in [-0.1, -0.05) is 59.6 Å². The zero-order valence-electron chi connectivity index (χ0n) is 16.0. The largest absolute Gasteiger partial charge is 0.342 e. The SMILES string of the molecule is O=C(Cc1ccc(Cl)c(Cl)c1)N1CCC2(CCN(CCc3ccccc3)C2)C1. The predicted octanol–water partition coefficient (Wildman–Crippen LogP) is 4.70. The first-order valence-corrected chi connectivity index (χ1v) is 10.8. The Balaban J connectivity index is 1.29. The van der Waals surface area contributed by atoms with Crippen LogP contribution in [0.15, 0.2) is 48.5 Å². The Morgan fingerprint density at radius 3 is 2.50 bits per heavy atom. The molecule has 2 aliphatic heterocycles. The van der Waals surface area contributed by atoms with E-state index in [1.807, 2.05) is 11.0 Å². The summed E-state index contributed by atoms with van der Waals surface area (Å²) in [4.78, 5) is 17.4. The highest BCUT2D eigenvalue weighted by atomic mass is 35.5. The number of nitrogens with zero attached hydrogens (tertiary/aromatic N) is 2. The van der Waals surface area contributed by atoms with Gasteiger partial charge in [0.05, 0.1) is 16.5 Å². The molecule has 2 aromatic rings. The number of likely N-dealkylation sites (tertiary alicyclic amines) is 2. The molecule has 28 heavy (non-hydrogen) atoms. The molecule has 0 saturated carbocycles. The van der Waals surface area contributed by atoms with Crippen molar-refractivity contribution < 1.29 is 4.79 Å². The Hall–Kier alpha value is -1.55. The summed E-state index contributed by atoms with van der Waals surface area (Å²) in [5, 5.41) is 1.04. The Morgan fingerprint density at radius 1 is 0.929 bits per heavy atom. The zero-order valence-corrected chi connectivity index (χ0v) is 17.6. The van der Waals surface area contributed by atoms with Gasteiger partial charge in [0.2, 0.25) is 5.91 Å². The van der Waals surface area contributed by atoms with Crippen LogP contribution in [-0.4, -0.2) is 48.4 Å². The summed E-state index contributed by atoms with van der Waals surface area (Å²) >= 11 is 12.1. The van der Waals surface area contributed by atoms with E-state index in [0.29, 0.717) is 16.5 Å². The monoisotopic (exact) mass is 416 g/mol. The van der Waals surface area contributed by atoms with Gasteiger partial charge in [0.15, 0.2) is 0 Å². The summed E-state index contributed by atoms with van der Waals surface area (Å²) < 4.78 is 0. The second-order valence-corrected chi connectivity index (χ2v) is 9.07. The molecule has 2 aliphatic rings. The fraction of sp³-hybridized carbons (Fsp3) is 0.435. The van der Waals surface area contributed by atoms with Crippen molar-refractivity contribution in [1.29, 1.82) is 0 Å². The van der Waals surface area contributed by atoms with Gasteiger partial charge in [-0.25, -0.2) is 0 Å². The first-order valence-electron chi connectivity index (χ1n) is 10.0. The molecule has 1 amide bonds. The van der Waals surface area contributed by atoms with Crippen molar-refractivity contribution in [3.8, 4) is 0 Å². The first-order chi connectivity index (χ1) is 13.5. The van der Waals surface area contributed by atoms with Crippen molar-refractivity contribution in [2.75, 3.05) is 32.7 Å². The molecule has 2 aromatic carbocycles. The van der Waals surface area contributed by atoms with E-state index in [1.165, 1.54) is 12.0 Å². The second kappa shape index (κ2) is 8.44. The lowest BCUT2D eigenvalue weighted by Crippen LogP contribution is -2.35. The van der Waals surface area contributed by atoms with E-state index in [2.05, 4.69) is 35.2 Å². The maximum Gasteiger partial charge on any atom is 0.227 e. The summed E-state index contributed by atoms with van der Waals surface area (Å²) in [5.74, 6) is 0.193. The van der Waals surface area contributed by atoms with Crippen LogP contribution in [0.25, 0.3) is 0 Å². The molecule has 3 nitrogen and oxygen atoms in total. The average Bonchev–Trinajstić information content (AvgIpc) is 3.31. The average molecular weight is 417 g/mol. The minimum absolute atomic E-state index is 0.193. The molecule has 0 N–H and O–H groups in total. The topological polar surface area (TPSA) is 23.6 Å². The van der Waals surface area contributed by atoms with Crippen LogP contribution < -0.4 is 0 Å². The molecule has 2 heterocycles. The predicted molar refractivity (Wildman–Crippen MR) is 115 cm³/mol. The zero-order chi connectivity index (χ0) is 19.6. The van der Waals surface area contributed by atoms with Gasteiger partial charge >= 0.3 is 0 Å². The lowest BCUT2D eigenvalue weighted by atomic mass is 9.86. The van der Waals surface area contributed by atoms with Crippen LogP contribution in [0.3, 0.4) is 0 Å². The molecule has 148 valence electrons. The summed E-state index contributed by atoms with van der Waals surface area (Å²) in [5.41, 5.74) is 2.61. The molecule has 1 unspecified atom stereocenters. The molecule has 0 bridgehead atoms. The molecule has 2 saturated heterocycles. The fourth-order valence-electron chi connectivity index (χ4n) is 4.57. The Morgan fingerprint density at radius 2 is 1.71 bits per heavy atom. The van der Waals surface area contributed by atoms with Gasteiger partial charge in [0.25, 0.3) is 0 Å². The van der Waals surface area contributed by atoms with E-state index in [4.69, 9.17) is 23.2 Å². The molecular weight excluding hydrogens is 391 g/mol. The number of benzene rings is 2. The lowest BCUT2D eigenvalue weighted by Gasteiger charge is -2.25. The van der Waals surface area contributed by atoms with Crippen molar-refractivity contribution in [3.05, 3.63) is 69.7 Å². The summed E-state index contributed by atoms with van der Waals surface area (Å²) in [7, 11) is 0. The minimum atomic E-state index is 0.193. The summed E-state index contributed by atoms with van der Waals surface area (Å²) in [6.07, 6.45) is 3.79. The Labute approximate surface area is 177 Å². The molecule has 5 heteroatoms. The van der Waals surface area contributed by atoms with Gasteiger partial charge in [0, 0.05) is 31.6 Å². The Bertz CT molecular complexity index is 842. The van der Waals surface area contributed by atoms with Crippen LogP contribution in [0, 0.1) is 5.41 Å². The highest BCUT2D eigenvalue weighted by Gasteiger charge is 2.44. The minimum Gasteiger partial charge on any atom is -0.342 e. The van der Waals surface area contributed by atoms with Crippen molar-refractivity contribution >= 4 is 29.1 Å². The number of halogens is 2. The normalized spacial score (nSPS) is 22.3. The number of amides is 1. The highest BCUT2D eigenvalue weighted by Crippen LogP contribution is 2.39. The van der Waals surface area contributed by atoms with Crippen molar-refractivity contribution in [3.63, 3.8) is 0 Å². The van der Waals surface area contributed by atoms with Crippen LogP contribution in [0.1, 0.15) is 24.0 Å². The van der Waals surface area contributed by atoms with E-state index in [0.717, 1.165) is 51.1 Å². The molecule has 0 aliphatic carbocycles. The number of carbonyl (C=O) groups excluding carboxylic acids is 1. The smallest absolute Gasteiger partial charge is 0.227 e. The number of hydrogen-bond acceptors (Lipinski definition) is 2. The number of hydrogen-bond donors (Lipinski definition) is 0. The van der Waals surface area contributed by atoms with Gasteiger partial charge < -0.3 is 9.80 Å². The third-order valence-corrected chi connectivity index (χ3v) is 6.95. The third kappa shape index (κ3) is 4.53. The molecule has 1 atom stereocenters. The van der Waals surface area contributed by atoms with Crippen LogP contribution in [-0.2, 0) is 17.6 Å². The Kier molecular flexibility index (Phi) is 5.96. The second-order valence-electron chi connectivity index (χ2n) is 8.25. The van der Waals surface area contributed by atoms with Gasteiger partial charge in [0.1, 0.15) is 0 Å². The maximum absolute atomic E-state index is 12.8. The van der Waals surface area contributed by atoms with E-state index in [9.17, 15) is 4.79 Å². The van der Waals surface area contributed by atoms with Gasteiger partial charge in [-0.05, 0) is 49.1 Å². The third-order valence-electron chi connectivity index (χ3n) is 6.21. The van der Waals surface area contributed by atoms with Gasteiger partial charge in [-0.15, -0.1) is 0 Å². The fourth-order valence-corrected chi connectivity index (χ4v) is 4.89. The van der Waals surface area contributed by atoms with Crippen molar-refractivity contribution in [1.82, 2.24) is 9.80 Å². The number of carbonyl (C=O) groups is 1. The van der Waals surface area contributed by atoms with Gasteiger partial charge in [-0.3, -0.25) is 4.79 Å². The lowest BCUT2D eigenvalue weighted by molar-refractivity contribution is -0.129. The maximum atomic E-state index is 12.8. The highest BCUT2D eigenvalue weighted by molar-refractivity contribution is 6.42. The van der Waals surface area contributed by atoms with Gasteiger partial charge in [-0.2, -0.15) is 0 Å². The molecule has 4 rings (SSSR count). The standard InChI is InChI=1S/C23H26Cl2N2O/c24-20-7-6-19(14-21(20)25)15-22(28)27-13-10-23(17-27)9-12-26(16-23)11-8-18-4-2-1-3-5-18/h1-7,14H,8-13,15-17H2. The van der Waals surface area contributed by atoms with Crippen LogP contribution >= 0.6 is 23.2 Å². The molecule has 2 fully saturated rings. The summed E-state index contributed by atoms with van der Waals surface area (Å²) in [6.45, 7) is 5.10. The van der Waals surface area contributed by atoms with Crippen LogP contribution in [0.4, 0.5) is 0 Å². The quantitative estimate of drug-likeness (QED) is 0.704. The van der Waals surface area contributed by atoms with E-state index in [-0.39, 0.29) is 11.3 Å². The first kappa shape index (κ1) is 19.8. The molecule has 1 spiro atoms. The van der Waals surface area contributed by atoms with Crippen LogP contribution in [0.2, 0.25) is 10.0 Å². The summed E-state index contributed by atoms with van der Waals surface area (Å²) in [6, 6.07) is 16.1. The number of rotatable bonds is 5. The van der Waals surface area contributed by atoms with E-state index < -0.39 is 0 Å². The molecule has 0 aromatic heterocycles. The van der Waals surface area contributed by atoms with Crippen molar-refractivity contribution in [2.24, 2.45) is 5.41 Å². The molecular formula is C23H26Cl2N2O. The van der Waals surface area contributed by atoms with Crippen LogP contribution in [0.5, 0.6) is 0 Å². The van der Waals surface area contributed by atoms with Crippen molar-refractivity contribution in [2.45, 2.75) is 25.7 Å².